The van der Waals surface area contributed by atoms with Crippen molar-refractivity contribution in [3.63, 3.8) is 0 Å². The number of hydrogen-bond donors (Lipinski definition) is 0. The fourth-order valence-electron chi connectivity index (χ4n) is 1.22. The average molecular weight is 267 g/mol. The van der Waals surface area contributed by atoms with Crippen LogP contribution in [0.15, 0.2) is 0 Å². The molecule has 0 atom stereocenters. The van der Waals surface area contributed by atoms with Gasteiger partial charge in [-0.3, -0.25) is 0 Å². The van der Waals surface area contributed by atoms with Crippen LogP contribution in [-0.4, -0.2) is 27.4 Å². The summed E-state index contributed by atoms with van der Waals surface area (Å²) in [6, 6.07) is 0. The molecule has 1 saturated heterocycles. The standard InChI is InChI=1S/C6H12NO3S.Y/c7-11(8,9)5-6-1-3-10-4-2-6;/h6H,1-5H2,(H-,7,8,9);/q-1;. The normalized spacial score (nSPS) is 20.1. The van der Waals surface area contributed by atoms with Crippen LogP contribution >= 0.6 is 0 Å². The smallest absolute Gasteiger partial charge is 0.0702 e. The Bertz CT molecular complexity index is 211. The van der Waals surface area contributed by atoms with Gasteiger partial charge in [0, 0.05) is 51.7 Å². The van der Waals surface area contributed by atoms with Crippen molar-refractivity contribution in [1.29, 1.82) is 0 Å². The molecule has 1 rings (SSSR count). The molecule has 0 aromatic heterocycles. The quantitative estimate of drug-likeness (QED) is 0.743. The van der Waals surface area contributed by atoms with Gasteiger partial charge in [0.2, 0.25) is 0 Å². The molecule has 1 heterocycles. The van der Waals surface area contributed by atoms with Crippen molar-refractivity contribution in [3.05, 3.63) is 5.14 Å². The van der Waals surface area contributed by atoms with Crippen LogP contribution in [0.5, 0.6) is 0 Å². The summed E-state index contributed by atoms with van der Waals surface area (Å²) in [5, 5.41) is 6.70. The third kappa shape index (κ3) is 5.59. The van der Waals surface area contributed by atoms with Crippen LogP contribution in [-0.2, 0) is 47.5 Å². The van der Waals surface area contributed by atoms with E-state index in [0.29, 0.717) is 13.2 Å². The van der Waals surface area contributed by atoms with Crippen LogP contribution in [0.4, 0.5) is 0 Å². The Morgan fingerprint density at radius 2 is 1.83 bits per heavy atom. The first kappa shape index (κ1) is 13.0. The molecule has 0 aromatic carbocycles. The van der Waals surface area contributed by atoms with Gasteiger partial charge in [-0.25, -0.2) is 8.42 Å². The first-order valence-corrected chi connectivity index (χ1v) is 5.28. The number of sulfonamides is 1. The Morgan fingerprint density at radius 1 is 1.33 bits per heavy atom. The number of rotatable bonds is 2. The van der Waals surface area contributed by atoms with Crippen LogP contribution in [0.25, 0.3) is 5.14 Å². The maximum absolute atomic E-state index is 10.5. The van der Waals surface area contributed by atoms with Crippen molar-refractivity contribution in [1.82, 2.24) is 0 Å². The maximum atomic E-state index is 10.5. The minimum Gasteiger partial charge on any atom is -0.564 e. The zero-order valence-electron chi connectivity index (χ0n) is 6.82. The fraction of sp³-hybridized carbons (Fsp3) is 1.00. The van der Waals surface area contributed by atoms with Crippen molar-refractivity contribution >= 4 is 10.0 Å². The zero-order chi connectivity index (χ0) is 8.32. The molecule has 1 radical (unpaired) electrons. The molecule has 0 bridgehead atoms. The molecule has 0 unspecified atom stereocenters. The molecule has 12 heavy (non-hydrogen) atoms. The number of ether oxygens (including phenoxy) is 1. The Kier molecular flexibility index (Phi) is 6.11. The van der Waals surface area contributed by atoms with Crippen molar-refractivity contribution in [3.8, 4) is 0 Å². The molecule has 0 saturated carbocycles. The molecule has 1 aliphatic rings. The van der Waals surface area contributed by atoms with Gasteiger partial charge in [0.15, 0.2) is 0 Å². The average Bonchev–Trinajstić information content (AvgIpc) is 1.85. The van der Waals surface area contributed by atoms with Gasteiger partial charge >= 0.3 is 0 Å². The van der Waals surface area contributed by atoms with E-state index in [1.165, 1.54) is 0 Å². The summed E-state index contributed by atoms with van der Waals surface area (Å²) in [6.45, 7) is 1.28. The summed E-state index contributed by atoms with van der Waals surface area (Å²) < 4.78 is 26.1. The molecule has 69 valence electrons. The maximum Gasteiger partial charge on any atom is 0.0702 e. The van der Waals surface area contributed by atoms with Crippen LogP contribution in [0.3, 0.4) is 0 Å². The number of hydrogen-bond acceptors (Lipinski definition) is 3. The van der Waals surface area contributed by atoms with Crippen LogP contribution < -0.4 is 0 Å². The summed E-state index contributed by atoms with van der Waals surface area (Å²) in [4.78, 5) is 0. The summed E-state index contributed by atoms with van der Waals surface area (Å²) in [5.74, 6) is 0.141. The van der Waals surface area contributed by atoms with Gasteiger partial charge in [-0.15, -0.1) is 0 Å². The van der Waals surface area contributed by atoms with E-state index in [1.807, 2.05) is 0 Å². The van der Waals surface area contributed by atoms with Gasteiger partial charge in [-0.1, -0.05) is 0 Å². The Labute approximate surface area is 98.2 Å². The fourth-order valence-corrected chi connectivity index (χ4v) is 2.18. The predicted octanol–water partition coefficient (Wildman–Crippen LogP) is 0.792. The Hall–Kier alpha value is 0.974. The van der Waals surface area contributed by atoms with Crippen LogP contribution in [0, 0.1) is 5.92 Å². The SMILES string of the molecule is [NH-]S(=O)(=O)CC1CCOCC1.[Y]. The van der Waals surface area contributed by atoms with Gasteiger partial charge in [0.05, 0.1) is 10.0 Å². The van der Waals surface area contributed by atoms with Gasteiger partial charge in [0.1, 0.15) is 0 Å². The van der Waals surface area contributed by atoms with Gasteiger partial charge < -0.3 is 9.88 Å². The van der Waals surface area contributed by atoms with E-state index < -0.39 is 10.0 Å². The molecule has 0 aliphatic carbocycles. The summed E-state index contributed by atoms with van der Waals surface area (Å²) in [7, 11) is -3.53. The van der Waals surface area contributed by atoms with E-state index in [9.17, 15) is 8.42 Å². The van der Waals surface area contributed by atoms with E-state index in [2.05, 4.69) is 0 Å². The van der Waals surface area contributed by atoms with Crippen molar-refractivity contribution in [2.45, 2.75) is 12.8 Å². The second-order valence-electron chi connectivity index (χ2n) is 2.84. The minimum absolute atomic E-state index is 0. The van der Waals surface area contributed by atoms with E-state index >= 15 is 0 Å². The molecular weight excluding hydrogens is 255 g/mol. The van der Waals surface area contributed by atoms with Crippen molar-refractivity contribution < 1.29 is 45.9 Å². The molecule has 1 fully saturated rings. The third-order valence-electron chi connectivity index (χ3n) is 1.80. The Balaban J connectivity index is 0.00000121. The summed E-state index contributed by atoms with van der Waals surface area (Å²) >= 11 is 0. The van der Waals surface area contributed by atoms with E-state index in [1.54, 1.807) is 0 Å². The summed E-state index contributed by atoms with van der Waals surface area (Å²) in [5.41, 5.74) is 0. The molecule has 0 aromatic rings. The first-order chi connectivity index (χ1) is 5.08. The van der Waals surface area contributed by atoms with E-state index in [0.717, 1.165) is 12.8 Å². The van der Waals surface area contributed by atoms with Crippen LogP contribution in [0.1, 0.15) is 12.8 Å². The molecule has 6 heteroatoms. The first-order valence-electron chi connectivity index (χ1n) is 3.63. The van der Waals surface area contributed by atoms with Crippen LogP contribution in [0.2, 0.25) is 0 Å². The zero-order valence-corrected chi connectivity index (χ0v) is 10.5. The molecule has 0 amide bonds. The van der Waals surface area contributed by atoms with Gasteiger partial charge in [-0.2, -0.15) is 0 Å². The predicted molar refractivity (Wildman–Crippen MR) is 41.7 cm³/mol. The molecule has 0 spiro atoms. The van der Waals surface area contributed by atoms with Crippen molar-refractivity contribution in [2.75, 3.05) is 19.0 Å². The molecule has 4 nitrogen and oxygen atoms in total. The topological polar surface area (TPSA) is 67.2 Å². The largest absolute Gasteiger partial charge is 0.564 e. The van der Waals surface area contributed by atoms with Gasteiger partial charge in [0.25, 0.3) is 0 Å². The molecule has 1 N–H and O–H groups in total. The second-order valence-corrected chi connectivity index (χ2v) is 4.40. The minimum atomic E-state index is -3.53. The van der Waals surface area contributed by atoms with E-state index in [-0.39, 0.29) is 44.4 Å². The third-order valence-corrected chi connectivity index (χ3v) is 2.71. The number of nitrogens with one attached hydrogen (secondary N) is 1. The van der Waals surface area contributed by atoms with E-state index in [4.69, 9.17) is 9.88 Å². The monoisotopic (exact) mass is 267 g/mol. The van der Waals surface area contributed by atoms with Crippen molar-refractivity contribution in [2.24, 2.45) is 5.92 Å². The summed E-state index contributed by atoms with van der Waals surface area (Å²) in [6.07, 6.45) is 1.55. The Morgan fingerprint density at radius 3 is 2.25 bits per heavy atom. The molecule has 1 aliphatic heterocycles. The van der Waals surface area contributed by atoms with Gasteiger partial charge in [-0.05, 0) is 18.8 Å². The second kappa shape index (κ2) is 5.65. The molecular formula is C6H12NO3SY-.